The molecule has 2 heterocycles. The summed E-state index contributed by atoms with van der Waals surface area (Å²) >= 11 is 1.26. The third-order valence-corrected chi connectivity index (χ3v) is 4.82. The molecule has 1 N–H and O–H groups in total. The number of amides is 1. The first-order valence-corrected chi connectivity index (χ1v) is 8.30. The van der Waals surface area contributed by atoms with Crippen molar-refractivity contribution in [2.45, 2.75) is 37.4 Å². The van der Waals surface area contributed by atoms with Gasteiger partial charge in [0.05, 0.1) is 16.8 Å². The fourth-order valence-corrected chi connectivity index (χ4v) is 3.50. The minimum absolute atomic E-state index is 0.0787. The molecule has 1 aromatic heterocycles. The van der Waals surface area contributed by atoms with E-state index in [0.29, 0.717) is 16.2 Å². The van der Waals surface area contributed by atoms with E-state index in [0.717, 1.165) is 31.5 Å². The van der Waals surface area contributed by atoms with Gasteiger partial charge in [-0.3, -0.25) is 4.79 Å². The predicted octanol–water partition coefficient (Wildman–Crippen LogP) is 3.33. The van der Waals surface area contributed by atoms with Crippen LogP contribution in [-0.2, 0) is 4.79 Å². The molecule has 1 amide bonds. The third-order valence-electron chi connectivity index (χ3n) is 3.96. The summed E-state index contributed by atoms with van der Waals surface area (Å²) in [5, 5.41) is 0.498. The van der Waals surface area contributed by atoms with E-state index in [9.17, 15) is 13.6 Å². The van der Waals surface area contributed by atoms with E-state index in [4.69, 9.17) is 0 Å². The molecule has 0 radical (unpaired) electrons. The normalized spacial score (nSPS) is 18.9. The molecule has 7 heteroatoms. The zero-order valence-corrected chi connectivity index (χ0v) is 13.1. The van der Waals surface area contributed by atoms with Gasteiger partial charge in [0, 0.05) is 24.7 Å². The van der Waals surface area contributed by atoms with Crippen molar-refractivity contribution in [3.05, 3.63) is 23.8 Å². The largest absolute Gasteiger partial charge is 0.339 e. The Labute approximate surface area is 131 Å². The summed E-state index contributed by atoms with van der Waals surface area (Å²) in [6.07, 6.45) is 3.25. The van der Waals surface area contributed by atoms with Crippen LogP contribution < -0.4 is 0 Å². The number of piperidine rings is 1. The zero-order chi connectivity index (χ0) is 15.7. The van der Waals surface area contributed by atoms with Crippen LogP contribution in [0.15, 0.2) is 17.3 Å². The number of nitrogens with zero attached hydrogens (tertiary/aromatic N) is 2. The van der Waals surface area contributed by atoms with Crippen LogP contribution in [0.4, 0.5) is 8.78 Å². The minimum Gasteiger partial charge on any atom is -0.339 e. The van der Waals surface area contributed by atoms with Gasteiger partial charge in [0.15, 0.2) is 16.8 Å². The van der Waals surface area contributed by atoms with Crippen molar-refractivity contribution in [2.24, 2.45) is 0 Å². The highest BCUT2D eigenvalue weighted by molar-refractivity contribution is 7.99. The quantitative estimate of drug-likeness (QED) is 0.881. The molecule has 0 aliphatic carbocycles. The highest BCUT2D eigenvalue weighted by Crippen LogP contribution is 2.23. The number of aromatic amines is 1. The lowest BCUT2D eigenvalue weighted by molar-refractivity contribution is -0.131. The van der Waals surface area contributed by atoms with Gasteiger partial charge in [-0.05, 0) is 26.2 Å². The minimum atomic E-state index is -0.922. The van der Waals surface area contributed by atoms with E-state index in [2.05, 4.69) is 16.9 Å². The van der Waals surface area contributed by atoms with Crippen molar-refractivity contribution in [1.29, 1.82) is 0 Å². The Hall–Kier alpha value is -1.63. The van der Waals surface area contributed by atoms with Crippen molar-refractivity contribution in [3.8, 4) is 0 Å². The van der Waals surface area contributed by atoms with Gasteiger partial charge in [-0.15, -0.1) is 0 Å². The van der Waals surface area contributed by atoms with Crippen LogP contribution in [0.5, 0.6) is 0 Å². The number of imidazole rings is 1. The van der Waals surface area contributed by atoms with Gasteiger partial charge >= 0.3 is 0 Å². The van der Waals surface area contributed by atoms with Gasteiger partial charge in [0.2, 0.25) is 5.91 Å². The van der Waals surface area contributed by atoms with Gasteiger partial charge in [-0.1, -0.05) is 11.8 Å². The summed E-state index contributed by atoms with van der Waals surface area (Å²) < 4.78 is 26.3. The van der Waals surface area contributed by atoms with Crippen molar-refractivity contribution in [2.75, 3.05) is 12.3 Å². The lowest BCUT2D eigenvalue weighted by atomic mass is 10.0. The highest BCUT2D eigenvalue weighted by atomic mass is 32.2. The number of halogens is 2. The molecule has 3 rings (SSSR count). The summed E-state index contributed by atoms with van der Waals surface area (Å²) in [5.41, 5.74) is 0.792. The summed E-state index contributed by atoms with van der Waals surface area (Å²) in [6, 6.07) is 2.41. The average molecular weight is 325 g/mol. The summed E-state index contributed by atoms with van der Waals surface area (Å²) in [6.45, 7) is 2.87. The number of likely N-dealkylation sites (tertiary alicyclic amines) is 1. The number of thioether (sulfide) groups is 1. The Balaban J connectivity index is 1.67. The molecule has 1 aliphatic heterocycles. The second kappa shape index (κ2) is 6.24. The molecule has 0 bridgehead atoms. The fourth-order valence-electron chi connectivity index (χ4n) is 2.73. The van der Waals surface area contributed by atoms with Crippen LogP contribution in [-0.4, -0.2) is 39.1 Å². The molecular weight excluding hydrogens is 308 g/mol. The molecule has 22 heavy (non-hydrogen) atoms. The molecule has 0 spiro atoms. The summed E-state index contributed by atoms with van der Waals surface area (Å²) in [5.74, 6) is -1.48. The van der Waals surface area contributed by atoms with Gasteiger partial charge < -0.3 is 9.88 Å². The van der Waals surface area contributed by atoms with E-state index < -0.39 is 11.6 Å². The SMILES string of the molecule is CC1CCCCN1C(=O)CSc1nc2cc(F)c(F)cc2[nH]1. The van der Waals surface area contributed by atoms with Crippen molar-refractivity contribution >= 4 is 28.7 Å². The number of nitrogens with one attached hydrogen (secondary N) is 1. The molecule has 1 saturated heterocycles. The lowest BCUT2D eigenvalue weighted by Crippen LogP contribution is -2.42. The maximum atomic E-state index is 13.2. The number of rotatable bonds is 3. The molecule has 0 saturated carbocycles. The number of hydrogen-bond donors (Lipinski definition) is 1. The predicted molar refractivity (Wildman–Crippen MR) is 81.8 cm³/mol. The van der Waals surface area contributed by atoms with E-state index in [1.165, 1.54) is 18.2 Å². The second-order valence-corrected chi connectivity index (χ2v) is 6.51. The molecule has 1 fully saturated rings. The Morgan fingerprint density at radius 1 is 1.41 bits per heavy atom. The Morgan fingerprint density at radius 3 is 2.95 bits per heavy atom. The van der Waals surface area contributed by atoms with Crippen molar-refractivity contribution in [3.63, 3.8) is 0 Å². The number of fused-ring (bicyclic) bond motifs is 1. The van der Waals surface area contributed by atoms with Crippen LogP contribution in [0.25, 0.3) is 11.0 Å². The Morgan fingerprint density at radius 2 is 2.18 bits per heavy atom. The third kappa shape index (κ3) is 3.09. The number of carbonyl (C=O) groups excluding carboxylic acids is 1. The smallest absolute Gasteiger partial charge is 0.233 e. The fraction of sp³-hybridized carbons (Fsp3) is 0.467. The molecule has 1 aliphatic rings. The monoisotopic (exact) mass is 325 g/mol. The Kier molecular flexibility index (Phi) is 4.33. The average Bonchev–Trinajstić information content (AvgIpc) is 2.87. The maximum absolute atomic E-state index is 13.2. The van der Waals surface area contributed by atoms with Crippen LogP contribution in [0.3, 0.4) is 0 Å². The first-order valence-electron chi connectivity index (χ1n) is 7.31. The molecular formula is C15H17F2N3OS. The maximum Gasteiger partial charge on any atom is 0.233 e. The Bertz CT molecular complexity index is 664. The highest BCUT2D eigenvalue weighted by Gasteiger charge is 2.23. The van der Waals surface area contributed by atoms with Crippen LogP contribution >= 0.6 is 11.8 Å². The molecule has 1 atom stereocenters. The number of H-pyrrole nitrogens is 1. The molecule has 1 aromatic carbocycles. The van der Waals surface area contributed by atoms with Crippen molar-refractivity contribution < 1.29 is 13.6 Å². The van der Waals surface area contributed by atoms with Gasteiger partial charge in [-0.2, -0.15) is 0 Å². The van der Waals surface area contributed by atoms with E-state index in [1.807, 2.05) is 4.90 Å². The summed E-state index contributed by atoms with van der Waals surface area (Å²) in [7, 11) is 0. The lowest BCUT2D eigenvalue weighted by Gasteiger charge is -2.33. The van der Waals surface area contributed by atoms with E-state index >= 15 is 0 Å². The number of benzene rings is 1. The number of hydrogen-bond acceptors (Lipinski definition) is 3. The molecule has 4 nitrogen and oxygen atoms in total. The molecule has 118 valence electrons. The van der Waals surface area contributed by atoms with Crippen LogP contribution in [0.2, 0.25) is 0 Å². The van der Waals surface area contributed by atoms with E-state index in [1.54, 1.807) is 0 Å². The van der Waals surface area contributed by atoms with Gasteiger partial charge in [0.1, 0.15) is 0 Å². The summed E-state index contributed by atoms with van der Waals surface area (Å²) in [4.78, 5) is 21.2. The first-order chi connectivity index (χ1) is 10.5. The van der Waals surface area contributed by atoms with Crippen molar-refractivity contribution in [1.82, 2.24) is 14.9 Å². The number of aromatic nitrogens is 2. The standard InChI is InChI=1S/C15H17F2N3OS/c1-9-4-2-3-5-20(9)14(21)8-22-15-18-12-6-10(16)11(17)7-13(12)19-15/h6-7,9H,2-5,8H2,1H3,(H,18,19). The second-order valence-electron chi connectivity index (χ2n) is 5.55. The van der Waals surface area contributed by atoms with Gasteiger partial charge in [-0.25, -0.2) is 13.8 Å². The van der Waals surface area contributed by atoms with Crippen LogP contribution in [0.1, 0.15) is 26.2 Å². The van der Waals surface area contributed by atoms with E-state index in [-0.39, 0.29) is 17.7 Å². The molecule has 1 unspecified atom stereocenters. The zero-order valence-electron chi connectivity index (χ0n) is 12.2. The first kappa shape index (κ1) is 15.3. The van der Waals surface area contributed by atoms with Crippen LogP contribution in [0, 0.1) is 11.6 Å². The topological polar surface area (TPSA) is 49.0 Å². The number of carbonyl (C=O) groups is 1. The molecule has 2 aromatic rings. The van der Waals surface area contributed by atoms with Gasteiger partial charge in [0.25, 0.3) is 0 Å².